The number of piperazine rings is 2. The summed E-state index contributed by atoms with van der Waals surface area (Å²) in [6.07, 6.45) is 7.79. The number of phenolic OH excluding ortho intramolecular Hbond substituents is 1. The largest absolute Gasteiger partial charge is 0.508 e. The molecule has 0 unspecified atom stereocenters. The monoisotopic (exact) mass is 944 g/mol. The van der Waals surface area contributed by atoms with Gasteiger partial charge in [0.2, 0.25) is 0 Å². The van der Waals surface area contributed by atoms with Crippen molar-refractivity contribution in [1.29, 1.82) is 0 Å². The van der Waals surface area contributed by atoms with Crippen molar-refractivity contribution >= 4 is 58.6 Å². The lowest BCUT2D eigenvalue weighted by atomic mass is 10.1. The highest BCUT2D eigenvalue weighted by atomic mass is 35.5. The van der Waals surface area contributed by atoms with Crippen LogP contribution in [0.3, 0.4) is 0 Å². The van der Waals surface area contributed by atoms with E-state index in [2.05, 4.69) is 24.9 Å². The molecule has 4 aromatic carbocycles. The van der Waals surface area contributed by atoms with Gasteiger partial charge in [0.25, 0.3) is 5.91 Å². The normalized spacial score (nSPS) is 15.7. The Hall–Kier alpha value is -5.64. The number of aromatic hydroxyl groups is 1. The third-order valence-electron chi connectivity index (χ3n) is 11.8. The second-order valence-electron chi connectivity index (χ2n) is 16.2. The van der Waals surface area contributed by atoms with Gasteiger partial charge in [-0.1, -0.05) is 35.3 Å². The third-order valence-corrected chi connectivity index (χ3v) is 12.6. The summed E-state index contributed by atoms with van der Waals surface area (Å²) < 4.78 is 21.3. The smallest absolute Gasteiger partial charge is 0.335 e. The predicted octanol–water partition coefficient (Wildman–Crippen LogP) is 7.31. The van der Waals surface area contributed by atoms with Crippen LogP contribution in [-0.2, 0) is 9.59 Å². The lowest BCUT2D eigenvalue weighted by Crippen LogP contribution is -2.46. The van der Waals surface area contributed by atoms with E-state index in [9.17, 15) is 14.7 Å². The molecule has 4 aliphatic rings. The first-order chi connectivity index (χ1) is 32.0. The maximum absolute atomic E-state index is 12.5. The number of rotatable bonds is 15. The Morgan fingerprint density at radius 3 is 1.83 bits per heavy atom. The number of hydrogen-bond acceptors (Lipinski definition) is 12. The summed E-state index contributed by atoms with van der Waals surface area (Å²) in [5.41, 5.74) is 10.2. The lowest BCUT2D eigenvalue weighted by Gasteiger charge is -2.36. The molecule has 354 valence electrons. The molecular weight excluding hydrogens is 883 g/mol. The number of phenols is 1. The van der Waals surface area contributed by atoms with Gasteiger partial charge in [-0.15, -0.1) is 0 Å². The van der Waals surface area contributed by atoms with Gasteiger partial charge in [0, 0.05) is 93.9 Å². The molecule has 0 saturated carbocycles. The Balaban J connectivity index is 0.000000179. The van der Waals surface area contributed by atoms with E-state index in [-0.39, 0.29) is 24.7 Å². The van der Waals surface area contributed by atoms with E-state index in [0.717, 1.165) is 125 Å². The maximum atomic E-state index is 12.5. The molecule has 0 aliphatic carbocycles. The Kier molecular flexibility index (Phi) is 19.1. The van der Waals surface area contributed by atoms with Crippen LogP contribution >= 0.6 is 23.2 Å². The number of hydrogen-bond donors (Lipinski definition) is 4. The quantitative estimate of drug-likeness (QED) is 0.0880. The Bertz CT molecular complexity index is 2290. The number of amides is 1. The summed E-state index contributed by atoms with van der Waals surface area (Å²) in [6.45, 7) is 12.1. The van der Waals surface area contributed by atoms with Gasteiger partial charge in [0.05, 0.1) is 41.1 Å². The van der Waals surface area contributed by atoms with Crippen molar-refractivity contribution < 1.29 is 38.7 Å². The summed E-state index contributed by atoms with van der Waals surface area (Å²) in [5.74, 6) is 2.13. The number of aliphatic carboxylic acids is 1. The molecule has 0 spiro atoms. The molecule has 2 saturated heterocycles. The lowest BCUT2D eigenvalue weighted by molar-refractivity contribution is -0.133. The number of ether oxygens (including phenoxy) is 4. The van der Waals surface area contributed by atoms with E-state index >= 15 is 0 Å². The second kappa shape index (κ2) is 25.3. The van der Waals surface area contributed by atoms with Gasteiger partial charge in [-0.25, -0.2) is 4.79 Å². The van der Waals surface area contributed by atoms with Gasteiger partial charge in [0.1, 0.15) is 42.0 Å². The molecular formula is C50H62Cl2N6O8. The highest BCUT2D eigenvalue weighted by Crippen LogP contribution is 2.34. The molecule has 0 atom stereocenters. The van der Waals surface area contributed by atoms with Crippen molar-refractivity contribution in [1.82, 2.24) is 15.1 Å². The summed E-state index contributed by atoms with van der Waals surface area (Å²) >= 11 is 12.3. The minimum Gasteiger partial charge on any atom is -0.508 e. The van der Waals surface area contributed by atoms with E-state index in [4.69, 9.17) is 53.0 Å². The molecule has 16 heteroatoms. The van der Waals surface area contributed by atoms with Crippen molar-refractivity contribution in [2.45, 2.75) is 25.7 Å². The molecule has 2 fully saturated rings. The van der Waals surface area contributed by atoms with Crippen LogP contribution in [0.4, 0.5) is 11.4 Å². The number of nitrogens with zero attached hydrogens (tertiary/aromatic N) is 4. The topological polar surface area (TPSA) is 163 Å². The summed E-state index contributed by atoms with van der Waals surface area (Å²) in [7, 11) is 3.19. The van der Waals surface area contributed by atoms with Gasteiger partial charge >= 0.3 is 5.97 Å². The Morgan fingerprint density at radius 1 is 0.697 bits per heavy atom. The molecule has 8 rings (SSSR count). The number of halogens is 2. The highest BCUT2D eigenvalue weighted by Gasteiger charge is 2.21. The number of benzene rings is 4. The standard InChI is InChI=1S/C25H31N3O4.C14H21Cl2N3.C11H10O4/c1-31-23-8-7-19-15-20(18-32-24(19)17-23)25(30)26-9-2-3-10-27-11-13-28(14-12-27)21-5-4-6-22(29)16-21;15-12-4-3-5-13(14(12)16)19-10-8-18(9-11-19)7-2-1-6-17;1-14-9-3-2-7-4-8(11(12)13)6-15-10(7)5-9/h4-8,15-17,29H,2-3,9-14,18H2,1H3,(H,26,30);3-5H,1-2,6-11,17H2;2-5H,6H2,1H3,(H,12,13). The molecule has 0 bridgehead atoms. The molecule has 0 radical (unpaired) electrons. The number of unbranched alkanes of at least 4 members (excludes halogenated alkanes) is 2. The molecule has 4 aliphatic heterocycles. The molecule has 4 heterocycles. The summed E-state index contributed by atoms with van der Waals surface area (Å²) in [5, 5.41) is 22.8. The van der Waals surface area contributed by atoms with E-state index in [1.54, 1.807) is 44.6 Å². The SMILES string of the molecule is COc1ccc2c(c1)OCC(C(=O)NCCCCN1CCN(c3cccc(O)c3)CC1)=C2.COc1ccc2c(c1)OCC(C(=O)O)=C2.NCCCCN1CCN(c2cccc(Cl)c2Cl)CC1. The number of methoxy groups -OCH3 is 2. The fourth-order valence-electron chi connectivity index (χ4n) is 7.92. The number of nitrogens with one attached hydrogen (secondary N) is 1. The van der Waals surface area contributed by atoms with Crippen molar-refractivity contribution in [2.75, 3.05) is 116 Å². The number of carboxylic acid groups (broad SMARTS) is 1. The minimum absolute atomic E-state index is 0.0637. The number of nitrogens with two attached hydrogens (primary N) is 1. The first kappa shape index (κ1) is 49.8. The fraction of sp³-hybridized carbons (Fsp3) is 0.400. The van der Waals surface area contributed by atoms with Crippen LogP contribution in [0.2, 0.25) is 10.0 Å². The molecule has 4 aromatic rings. The first-order valence-electron chi connectivity index (χ1n) is 22.5. The van der Waals surface area contributed by atoms with Crippen molar-refractivity contribution in [2.24, 2.45) is 5.73 Å². The number of anilines is 2. The van der Waals surface area contributed by atoms with E-state index in [0.29, 0.717) is 39.4 Å². The summed E-state index contributed by atoms with van der Waals surface area (Å²) in [6, 6.07) is 24.2. The van der Waals surface area contributed by atoms with E-state index in [1.165, 1.54) is 6.42 Å². The molecule has 1 amide bonds. The average Bonchev–Trinajstić information content (AvgIpc) is 3.35. The van der Waals surface area contributed by atoms with Crippen molar-refractivity contribution in [3.8, 4) is 28.7 Å². The maximum Gasteiger partial charge on any atom is 0.335 e. The van der Waals surface area contributed by atoms with Crippen LogP contribution in [0, 0.1) is 0 Å². The van der Waals surface area contributed by atoms with Crippen LogP contribution in [0.5, 0.6) is 28.7 Å². The zero-order valence-electron chi connectivity index (χ0n) is 37.9. The number of fused-ring (bicyclic) bond motifs is 2. The Labute approximate surface area is 398 Å². The molecule has 0 aromatic heterocycles. The molecule has 66 heavy (non-hydrogen) atoms. The zero-order valence-corrected chi connectivity index (χ0v) is 39.4. The highest BCUT2D eigenvalue weighted by molar-refractivity contribution is 6.43. The third kappa shape index (κ3) is 14.4. The van der Waals surface area contributed by atoms with Gasteiger partial charge in [-0.2, -0.15) is 0 Å². The molecule has 5 N–H and O–H groups in total. The van der Waals surface area contributed by atoms with Crippen molar-refractivity contribution in [3.63, 3.8) is 0 Å². The predicted molar refractivity (Wildman–Crippen MR) is 263 cm³/mol. The van der Waals surface area contributed by atoms with Crippen LogP contribution < -0.4 is 39.8 Å². The van der Waals surface area contributed by atoms with Crippen LogP contribution in [-0.4, -0.2) is 138 Å². The zero-order chi connectivity index (χ0) is 46.8. The average molecular weight is 946 g/mol. The van der Waals surface area contributed by atoms with Gasteiger partial charge in [-0.05, 0) is 106 Å². The van der Waals surface area contributed by atoms with Crippen LogP contribution in [0.15, 0.2) is 90.0 Å². The fourth-order valence-corrected chi connectivity index (χ4v) is 8.34. The molecule has 14 nitrogen and oxygen atoms in total. The van der Waals surface area contributed by atoms with Gasteiger partial charge in [0.15, 0.2) is 0 Å². The van der Waals surface area contributed by atoms with E-state index in [1.807, 2.05) is 60.7 Å². The van der Waals surface area contributed by atoms with Gasteiger partial charge in [-0.3, -0.25) is 14.6 Å². The van der Waals surface area contributed by atoms with Crippen molar-refractivity contribution in [3.05, 3.63) is 111 Å². The van der Waals surface area contributed by atoms with E-state index < -0.39 is 5.97 Å². The number of carbonyl (C=O) groups is 2. The minimum atomic E-state index is -0.948. The second-order valence-corrected chi connectivity index (χ2v) is 17.0. The Morgan fingerprint density at radius 2 is 1.26 bits per heavy atom. The summed E-state index contributed by atoms with van der Waals surface area (Å²) in [4.78, 5) is 32.8. The van der Waals surface area contributed by atoms with Crippen LogP contribution in [0.1, 0.15) is 36.8 Å². The first-order valence-corrected chi connectivity index (χ1v) is 23.2. The van der Waals surface area contributed by atoms with Gasteiger partial charge < -0.3 is 50.0 Å². The number of carbonyl (C=O) groups excluding carboxylic acids is 1. The van der Waals surface area contributed by atoms with Crippen LogP contribution in [0.25, 0.3) is 12.2 Å². The number of carboxylic acids is 1.